The molecule has 0 aliphatic heterocycles. The third-order valence-electron chi connectivity index (χ3n) is 2.34. The van der Waals surface area contributed by atoms with E-state index >= 15 is 0 Å². The molecule has 1 rings (SSSR count). The van der Waals surface area contributed by atoms with E-state index in [-0.39, 0.29) is 23.3 Å². The van der Waals surface area contributed by atoms with Gasteiger partial charge in [-0.1, -0.05) is 18.5 Å². The van der Waals surface area contributed by atoms with E-state index in [1.54, 1.807) is 14.0 Å². The summed E-state index contributed by atoms with van der Waals surface area (Å²) in [6.45, 7) is 2.24. The van der Waals surface area contributed by atoms with Gasteiger partial charge in [0, 0.05) is 26.7 Å². The first-order valence-electron chi connectivity index (χ1n) is 5.23. The second-order valence-corrected chi connectivity index (χ2v) is 5.74. The first-order valence-corrected chi connectivity index (χ1v) is 7.04. The number of sulfonamides is 1. The lowest BCUT2D eigenvalue weighted by Crippen LogP contribution is -2.32. The Labute approximate surface area is 106 Å². The zero-order valence-electron chi connectivity index (χ0n) is 9.80. The number of hydrogen-bond donors (Lipinski definition) is 1. The molecule has 0 amide bonds. The SMILES string of the molecule is CCN(CCCO)S(=O)(=O)c1ncn(C)c1Cl. The molecule has 0 aromatic carbocycles. The van der Waals surface area contributed by atoms with Gasteiger partial charge in [-0.25, -0.2) is 13.4 Å². The topological polar surface area (TPSA) is 75.4 Å². The third kappa shape index (κ3) is 2.98. The van der Waals surface area contributed by atoms with Gasteiger partial charge in [-0.2, -0.15) is 4.31 Å². The molecule has 0 spiro atoms. The van der Waals surface area contributed by atoms with Crippen LogP contribution in [0.4, 0.5) is 0 Å². The molecule has 1 aromatic heterocycles. The third-order valence-corrected chi connectivity index (χ3v) is 4.80. The average Bonchev–Trinajstić information content (AvgIpc) is 2.61. The Morgan fingerprint density at radius 3 is 2.65 bits per heavy atom. The molecule has 0 saturated carbocycles. The van der Waals surface area contributed by atoms with Gasteiger partial charge >= 0.3 is 0 Å². The van der Waals surface area contributed by atoms with Crippen molar-refractivity contribution in [2.24, 2.45) is 7.05 Å². The number of rotatable bonds is 6. The van der Waals surface area contributed by atoms with Crippen LogP contribution in [-0.2, 0) is 17.1 Å². The summed E-state index contributed by atoms with van der Waals surface area (Å²) in [6, 6.07) is 0. The molecule has 0 atom stereocenters. The zero-order valence-corrected chi connectivity index (χ0v) is 11.4. The highest BCUT2D eigenvalue weighted by Gasteiger charge is 2.28. The fraction of sp³-hybridized carbons (Fsp3) is 0.667. The molecule has 0 saturated heterocycles. The van der Waals surface area contributed by atoms with Crippen molar-refractivity contribution in [2.45, 2.75) is 18.4 Å². The van der Waals surface area contributed by atoms with Crippen molar-refractivity contribution in [1.82, 2.24) is 13.9 Å². The minimum absolute atomic E-state index is 0.0536. The van der Waals surface area contributed by atoms with Crippen LogP contribution in [-0.4, -0.2) is 47.1 Å². The van der Waals surface area contributed by atoms with Crippen molar-refractivity contribution in [3.8, 4) is 0 Å². The van der Waals surface area contributed by atoms with Gasteiger partial charge in [0.15, 0.2) is 0 Å². The molecule has 0 bridgehead atoms. The normalized spacial score (nSPS) is 12.3. The fourth-order valence-corrected chi connectivity index (χ4v) is 3.26. The van der Waals surface area contributed by atoms with Crippen molar-refractivity contribution >= 4 is 21.6 Å². The van der Waals surface area contributed by atoms with Crippen LogP contribution in [0.1, 0.15) is 13.3 Å². The first kappa shape index (κ1) is 14.4. The molecular formula is C9H16ClN3O3S. The Bertz CT molecular complexity index is 472. The predicted octanol–water partition coefficient (Wildman–Crippen LogP) is 0.466. The summed E-state index contributed by atoms with van der Waals surface area (Å²) in [4.78, 5) is 3.80. The van der Waals surface area contributed by atoms with Crippen LogP contribution < -0.4 is 0 Å². The number of aliphatic hydroxyl groups excluding tert-OH is 1. The van der Waals surface area contributed by atoms with E-state index < -0.39 is 10.0 Å². The smallest absolute Gasteiger partial charge is 0.263 e. The molecule has 1 N–H and O–H groups in total. The minimum atomic E-state index is -3.67. The van der Waals surface area contributed by atoms with E-state index in [2.05, 4.69) is 4.98 Å². The van der Waals surface area contributed by atoms with Gasteiger partial charge in [-0.15, -0.1) is 0 Å². The predicted molar refractivity (Wildman–Crippen MR) is 64.4 cm³/mol. The molecule has 1 aromatic rings. The van der Waals surface area contributed by atoms with Crippen LogP contribution in [0.5, 0.6) is 0 Å². The van der Waals surface area contributed by atoms with Crippen molar-refractivity contribution < 1.29 is 13.5 Å². The van der Waals surface area contributed by atoms with Gasteiger partial charge in [0.1, 0.15) is 5.15 Å². The Balaban J connectivity index is 3.04. The molecule has 98 valence electrons. The standard InChI is InChI=1S/C9H16ClN3O3S/c1-3-13(5-4-6-14)17(15,16)9-8(10)12(2)7-11-9/h7,14H,3-6H2,1-2H3. The number of hydrogen-bond acceptors (Lipinski definition) is 4. The number of imidazole rings is 1. The fourth-order valence-electron chi connectivity index (χ4n) is 1.38. The summed E-state index contributed by atoms with van der Waals surface area (Å²) < 4.78 is 27.1. The van der Waals surface area contributed by atoms with Crippen LogP contribution in [0.25, 0.3) is 0 Å². The van der Waals surface area contributed by atoms with E-state index in [0.29, 0.717) is 13.0 Å². The van der Waals surface area contributed by atoms with Gasteiger partial charge in [-0.05, 0) is 6.42 Å². The number of aryl methyl sites for hydroxylation is 1. The van der Waals surface area contributed by atoms with Crippen LogP contribution >= 0.6 is 11.6 Å². The van der Waals surface area contributed by atoms with E-state index in [9.17, 15) is 8.42 Å². The molecular weight excluding hydrogens is 266 g/mol. The lowest BCUT2D eigenvalue weighted by molar-refractivity contribution is 0.271. The van der Waals surface area contributed by atoms with Gasteiger partial charge in [0.05, 0.1) is 6.33 Å². The molecule has 0 aliphatic carbocycles. The summed E-state index contributed by atoms with van der Waals surface area (Å²) in [5.41, 5.74) is 0. The van der Waals surface area contributed by atoms with E-state index in [1.807, 2.05) is 0 Å². The largest absolute Gasteiger partial charge is 0.396 e. The monoisotopic (exact) mass is 281 g/mol. The Hall–Kier alpha value is -0.630. The second kappa shape index (κ2) is 5.81. The first-order chi connectivity index (χ1) is 7.95. The quantitative estimate of drug-likeness (QED) is 0.822. The van der Waals surface area contributed by atoms with E-state index in [0.717, 1.165) is 0 Å². The van der Waals surface area contributed by atoms with Gasteiger partial charge in [0.2, 0.25) is 5.03 Å². The molecule has 0 radical (unpaired) electrons. The molecule has 0 fully saturated rings. The van der Waals surface area contributed by atoms with Crippen LogP contribution in [0.15, 0.2) is 11.4 Å². The Kier molecular flexibility index (Phi) is 4.93. The van der Waals surface area contributed by atoms with Gasteiger partial charge in [-0.3, -0.25) is 0 Å². The van der Waals surface area contributed by atoms with E-state index in [4.69, 9.17) is 16.7 Å². The summed E-state index contributed by atoms with van der Waals surface area (Å²) in [5.74, 6) is 0. The lowest BCUT2D eigenvalue weighted by Gasteiger charge is -2.18. The highest BCUT2D eigenvalue weighted by molar-refractivity contribution is 7.89. The number of halogens is 1. The lowest BCUT2D eigenvalue weighted by atomic mass is 10.4. The van der Waals surface area contributed by atoms with E-state index in [1.165, 1.54) is 15.2 Å². The maximum absolute atomic E-state index is 12.2. The Morgan fingerprint density at radius 1 is 1.59 bits per heavy atom. The molecule has 1 heterocycles. The Morgan fingerprint density at radius 2 is 2.24 bits per heavy atom. The highest BCUT2D eigenvalue weighted by Crippen LogP contribution is 2.22. The van der Waals surface area contributed by atoms with Crippen molar-refractivity contribution in [3.63, 3.8) is 0 Å². The second-order valence-electron chi connectivity index (χ2n) is 3.53. The molecule has 17 heavy (non-hydrogen) atoms. The molecule has 8 heteroatoms. The zero-order chi connectivity index (χ0) is 13.1. The summed E-state index contributed by atoms with van der Waals surface area (Å²) >= 11 is 5.87. The van der Waals surface area contributed by atoms with Crippen molar-refractivity contribution in [1.29, 1.82) is 0 Å². The van der Waals surface area contributed by atoms with Crippen molar-refractivity contribution in [2.75, 3.05) is 19.7 Å². The van der Waals surface area contributed by atoms with Crippen LogP contribution in [0, 0.1) is 0 Å². The molecule has 0 aliphatic rings. The summed E-state index contributed by atoms with van der Waals surface area (Å²) in [7, 11) is -2.05. The number of aliphatic hydroxyl groups is 1. The highest BCUT2D eigenvalue weighted by atomic mass is 35.5. The van der Waals surface area contributed by atoms with Crippen molar-refractivity contribution in [3.05, 3.63) is 11.5 Å². The number of aromatic nitrogens is 2. The maximum Gasteiger partial charge on any atom is 0.263 e. The average molecular weight is 282 g/mol. The van der Waals surface area contributed by atoms with Gasteiger partial charge < -0.3 is 9.67 Å². The minimum Gasteiger partial charge on any atom is -0.396 e. The number of nitrogens with zero attached hydrogens (tertiary/aromatic N) is 3. The van der Waals surface area contributed by atoms with Crippen LogP contribution in [0.2, 0.25) is 5.15 Å². The molecule has 6 nitrogen and oxygen atoms in total. The van der Waals surface area contributed by atoms with Crippen LogP contribution in [0.3, 0.4) is 0 Å². The molecule has 0 unspecified atom stereocenters. The maximum atomic E-state index is 12.2. The summed E-state index contributed by atoms with van der Waals surface area (Å²) in [5, 5.41) is 8.69. The van der Waals surface area contributed by atoms with Gasteiger partial charge in [0.25, 0.3) is 10.0 Å². The summed E-state index contributed by atoms with van der Waals surface area (Å²) in [6.07, 6.45) is 1.74.